The Morgan fingerprint density at radius 3 is 2.09 bits per heavy atom. The van der Waals surface area contributed by atoms with Gasteiger partial charge in [0.2, 0.25) is 0 Å². The third kappa shape index (κ3) is 3.58. The van der Waals surface area contributed by atoms with Gasteiger partial charge in [0.05, 0.1) is 15.9 Å². The second-order valence-corrected chi connectivity index (χ2v) is 5.93. The summed E-state index contributed by atoms with van der Waals surface area (Å²) in [6.45, 7) is 0. The summed E-state index contributed by atoms with van der Waals surface area (Å²) in [5, 5.41) is 21.6. The molecular weight excluding hydrogens is 333 g/mol. The van der Waals surface area contributed by atoms with Gasteiger partial charge in [-0.2, -0.15) is 0 Å². The summed E-state index contributed by atoms with van der Waals surface area (Å²) in [5.41, 5.74) is -1.56. The first-order valence-electron chi connectivity index (χ1n) is 5.92. The van der Waals surface area contributed by atoms with Gasteiger partial charge in [0.25, 0.3) is 21.4 Å². The first kappa shape index (κ1) is 16.3. The largest absolute Gasteiger partial charge is 0.296 e. The molecule has 0 radical (unpaired) electrons. The van der Waals surface area contributed by atoms with E-state index in [-0.39, 0.29) is 5.69 Å². The number of nitrogens with zero attached hydrogens (tertiary/aromatic N) is 2. The fraction of sp³-hybridized carbons (Fsp3) is 0. The minimum absolute atomic E-state index is 0.0148. The van der Waals surface area contributed by atoms with E-state index in [1.165, 1.54) is 0 Å². The summed E-state index contributed by atoms with van der Waals surface area (Å²) >= 11 is 0. The molecule has 9 nitrogen and oxygen atoms in total. The maximum atomic E-state index is 12.8. The first-order chi connectivity index (χ1) is 10.7. The highest BCUT2D eigenvalue weighted by Crippen LogP contribution is 2.29. The fourth-order valence-electron chi connectivity index (χ4n) is 1.72. The second-order valence-electron chi connectivity index (χ2n) is 4.28. The Morgan fingerprint density at radius 1 is 0.957 bits per heavy atom. The van der Waals surface area contributed by atoms with Crippen LogP contribution in [-0.2, 0) is 10.0 Å². The van der Waals surface area contributed by atoms with Gasteiger partial charge in [0.15, 0.2) is 4.90 Å². The van der Waals surface area contributed by atoms with E-state index in [2.05, 4.69) is 0 Å². The van der Waals surface area contributed by atoms with Crippen molar-refractivity contribution < 1.29 is 22.7 Å². The lowest BCUT2D eigenvalue weighted by Crippen LogP contribution is -2.15. The minimum Gasteiger partial charge on any atom is -0.279 e. The maximum Gasteiger partial charge on any atom is 0.296 e. The first-order valence-corrected chi connectivity index (χ1v) is 7.40. The molecule has 0 atom stereocenters. The molecule has 23 heavy (non-hydrogen) atoms. The van der Waals surface area contributed by atoms with Crippen molar-refractivity contribution in [1.29, 1.82) is 0 Å². The van der Waals surface area contributed by atoms with Crippen molar-refractivity contribution in [2.24, 2.45) is 0 Å². The number of nitro benzene ring substituents is 2. The van der Waals surface area contributed by atoms with E-state index in [0.29, 0.717) is 6.07 Å². The topological polar surface area (TPSA) is 132 Å². The summed E-state index contributed by atoms with van der Waals surface area (Å²) in [6, 6.07) is 6.42. The normalized spacial score (nSPS) is 11.0. The number of sulfonamides is 1. The van der Waals surface area contributed by atoms with Crippen LogP contribution in [0.2, 0.25) is 0 Å². The van der Waals surface area contributed by atoms with E-state index in [0.717, 1.165) is 36.4 Å². The Kier molecular flexibility index (Phi) is 4.22. The molecule has 0 fully saturated rings. The molecule has 120 valence electrons. The van der Waals surface area contributed by atoms with Gasteiger partial charge in [-0.25, -0.2) is 12.8 Å². The van der Waals surface area contributed by atoms with Crippen LogP contribution in [0.4, 0.5) is 21.5 Å². The van der Waals surface area contributed by atoms with Crippen molar-refractivity contribution in [1.82, 2.24) is 0 Å². The van der Waals surface area contributed by atoms with Gasteiger partial charge in [0, 0.05) is 11.8 Å². The number of non-ortho nitro benzene ring substituents is 1. The monoisotopic (exact) mass is 341 g/mol. The van der Waals surface area contributed by atoms with E-state index in [1.807, 2.05) is 4.72 Å². The van der Waals surface area contributed by atoms with Crippen LogP contribution in [0.5, 0.6) is 0 Å². The molecule has 11 heteroatoms. The predicted molar refractivity (Wildman–Crippen MR) is 77.0 cm³/mol. The third-order valence-corrected chi connectivity index (χ3v) is 4.16. The van der Waals surface area contributed by atoms with Crippen LogP contribution >= 0.6 is 0 Å². The zero-order valence-corrected chi connectivity index (χ0v) is 12.0. The molecule has 1 N–H and O–H groups in total. The van der Waals surface area contributed by atoms with Crippen LogP contribution in [0.25, 0.3) is 0 Å². The van der Waals surface area contributed by atoms with Crippen molar-refractivity contribution >= 4 is 27.1 Å². The number of halogens is 1. The van der Waals surface area contributed by atoms with Crippen molar-refractivity contribution in [2.45, 2.75) is 4.90 Å². The Balaban J connectivity index is 2.48. The molecule has 2 aromatic carbocycles. The van der Waals surface area contributed by atoms with Crippen LogP contribution in [0.3, 0.4) is 0 Å². The van der Waals surface area contributed by atoms with Gasteiger partial charge in [0.1, 0.15) is 5.82 Å². The van der Waals surface area contributed by atoms with E-state index in [4.69, 9.17) is 0 Å². The quantitative estimate of drug-likeness (QED) is 0.656. The molecule has 0 heterocycles. The van der Waals surface area contributed by atoms with Crippen LogP contribution in [0.15, 0.2) is 47.4 Å². The SMILES string of the molecule is O=[N+]([O-])c1ccc(S(=O)(=O)Nc2ccc(F)cc2)c([N+](=O)[O-])c1. The predicted octanol–water partition coefficient (Wildman–Crippen LogP) is 2.44. The average molecular weight is 341 g/mol. The van der Waals surface area contributed by atoms with Gasteiger partial charge >= 0.3 is 0 Å². The van der Waals surface area contributed by atoms with Crippen LogP contribution in [-0.4, -0.2) is 18.3 Å². The van der Waals surface area contributed by atoms with Crippen LogP contribution in [0.1, 0.15) is 0 Å². The smallest absolute Gasteiger partial charge is 0.279 e. The van der Waals surface area contributed by atoms with Gasteiger partial charge in [-0.15, -0.1) is 0 Å². The Bertz CT molecular complexity index is 882. The Morgan fingerprint density at radius 2 is 1.57 bits per heavy atom. The third-order valence-electron chi connectivity index (χ3n) is 2.74. The van der Waals surface area contributed by atoms with Gasteiger partial charge in [-0.05, 0) is 30.3 Å². The molecule has 0 aliphatic heterocycles. The van der Waals surface area contributed by atoms with Crippen molar-refractivity contribution in [3.63, 3.8) is 0 Å². The van der Waals surface area contributed by atoms with E-state index >= 15 is 0 Å². The Labute approximate surface area is 128 Å². The highest BCUT2D eigenvalue weighted by Gasteiger charge is 2.28. The molecule has 0 spiro atoms. The number of hydrogen-bond donors (Lipinski definition) is 1. The molecule has 0 aliphatic carbocycles. The maximum absolute atomic E-state index is 12.8. The lowest BCUT2D eigenvalue weighted by atomic mass is 10.3. The number of hydrogen-bond acceptors (Lipinski definition) is 6. The number of nitro groups is 2. The van der Waals surface area contributed by atoms with Gasteiger partial charge in [-0.3, -0.25) is 25.0 Å². The van der Waals surface area contributed by atoms with Crippen molar-refractivity contribution in [3.8, 4) is 0 Å². The zero-order chi connectivity index (χ0) is 17.2. The van der Waals surface area contributed by atoms with Crippen molar-refractivity contribution in [2.75, 3.05) is 4.72 Å². The summed E-state index contributed by atoms with van der Waals surface area (Å²) < 4.78 is 39.3. The van der Waals surface area contributed by atoms with E-state index in [9.17, 15) is 33.0 Å². The lowest BCUT2D eigenvalue weighted by Gasteiger charge is -2.08. The number of benzene rings is 2. The molecule has 2 aromatic rings. The van der Waals surface area contributed by atoms with Gasteiger partial charge < -0.3 is 0 Å². The van der Waals surface area contributed by atoms with Crippen molar-refractivity contribution in [3.05, 3.63) is 68.5 Å². The summed E-state index contributed by atoms with van der Waals surface area (Å²) in [6.07, 6.45) is 0. The second kappa shape index (κ2) is 5.96. The zero-order valence-electron chi connectivity index (χ0n) is 11.2. The molecule has 0 aliphatic rings. The molecular formula is C12H8FN3O6S. The molecule has 0 amide bonds. The minimum atomic E-state index is -4.38. The molecule has 2 rings (SSSR count). The van der Waals surface area contributed by atoms with E-state index < -0.39 is 42.0 Å². The number of nitrogens with one attached hydrogen (secondary N) is 1. The summed E-state index contributed by atoms with van der Waals surface area (Å²) in [4.78, 5) is 19.0. The van der Waals surface area contributed by atoms with Crippen LogP contribution < -0.4 is 4.72 Å². The highest BCUT2D eigenvalue weighted by molar-refractivity contribution is 7.92. The molecule has 0 saturated heterocycles. The standard InChI is InChI=1S/C12H8FN3O6S/c13-8-1-3-9(4-2-8)14-23(21,22)12-6-5-10(15(17)18)7-11(12)16(19)20/h1-7,14H. The molecule has 0 bridgehead atoms. The summed E-state index contributed by atoms with van der Waals surface area (Å²) in [5.74, 6) is -0.589. The Hall–Kier alpha value is -3.08. The number of anilines is 1. The summed E-state index contributed by atoms with van der Waals surface area (Å²) in [7, 11) is -4.38. The lowest BCUT2D eigenvalue weighted by molar-refractivity contribution is -0.396. The fourth-order valence-corrected chi connectivity index (χ4v) is 2.93. The molecule has 0 aromatic heterocycles. The van der Waals surface area contributed by atoms with E-state index in [1.54, 1.807) is 0 Å². The molecule has 0 unspecified atom stereocenters. The van der Waals surface area contributed by atoms with Crippen LogP contribution in [0, 0.1) is 26.0 Å². The highest BCUT2D eigenvalue weighted by atomic mass is 32.2. The molecule has 0 saturated carbocycles. The van der Waals surface area contributed by atoms with Gasteiger partial charge in [-0.1, -0.05) is 0 Å². The number of rotatable bonds is 5. The average Bonchev–Trinajstić information content (AvgIpc) is 2.48.